The van der Waals surface area contributed by atoms with Crippen LogP contribution in [0.4, 0.5) is 8.78 Å². The first-order chi connectivity index (χ1) is 11.4. The smallest absolute Gasteiger partial charge is 0.254 e. The lowest BCUT2D eigenvalue weighted by Crippen LogP contribution is -2.35. The van der Waals surface area contributed by atoms with E-state index in [1.807, 2.05) is 0 Å². The lowest BCUT2D eigenvalue weighted by molar-refractivity contribution is 0.0925. The fourth-order valence-corrected chi connectivity index (χ4v) is 2.16. The lowest BCUT2D eigenvalue weighted by atomic mass is 10.2. The molecule has 0 aliphatic rings. The number of rotatable bonds is 5. The van der Waals surface area contributed by atoms with Gasteiger partial charge in [-0.1, -0.05) is 23.2 Å². The molecule has 0 atom stereocenters. The van der Waals surface area contributed by atoms with Gasteiger partial charge in [-0.25, -0.2) is 8.78 Å². The number of benzene rings is 2. The Bertz CT molecular complexity index is 785. The van der Waals surface area contributed by atoms with Crippen LogP contribution in [0.3, 0.4) is 0 Å². The Morgan fingerprint density at radius 1 is 0.875 bits per heavy atom. The van der Waals surface area contributed by atoms with Gasteiger partial charge in [0.25, 0.3) is 11.8 Å². The SMILES string of the molecule is O=C(NCCNC(=O)c1ccc(F)cc1F)c1ccc(Cl)c(Cl)c1. The molecule has 0 saturated heterocycles. The molecule has 0 unspecified atom stereocenters. The van der Waals surface area contributed by atoms with Crippen LogP contribution in [0.5, 0.6) is 0 Å². The summed E-state index contributed by atoms with van der Waals surface area (Å²) in [6, 6.07) is 7.10. The molecule has 0 radical (unpaired) electrons. The summed E-state index contributed by atoms with van der Waals surface area (Å²) in [5, 5.41) is 5.58. The predicted molar refractivity (Wildman–Crippen MR) is 87.5 cm³/mol. The lowest BCUT2D eigenvalue weighted by Gasteiger charge is -2.08. The van der Waals surface area contributed by atoms with Crippen molar-refractivity contribution in [3.05, 3.63) is 69.2 Å². The van der Waals surface area contributed by atoms with Gasteiger partial charge in [0.1, 0.15) is 11.6 Å². The van der Waals surface area contributed by atoms with E-state index in [4.69, 9.17) is 23.2 Å². The summed E-state index contributed by atoms with van der Waals surface area (Å²) in [6.45, 7) is 0.191. The van der Waals surface area contributed by atoms with E-state index in [-0.39, 0.29) is 23.7 Å². The van der Waals surface area contributed by atoms with Gasteiger partial charge < -0.3 is 10.6 Å². The molecule has 4 nitrogen and oxygen atoms in total. The van der Waals surface area contributed by atoms with Crippen molar-refractivity contribution in [3.8, 4) is 0 Å². The predicted octanol–water partition coefficient (Wildman–Crippen LogP) is 3.43. The first-order valence-electron chi connectivity index (χ1n) is 6.85. The van der Waals surface area contributed by atoms with Crippen molar-refractivity contribution >= 4 is 35.0 Å². The first-order valence-corrected chi connectivity index (χ1v) is 7.60. The maximum Gasteiger partial charge on any atom is 0.254 e. The van der Waals surface area contributed by atoms with Crippen molar-refractivity contribution in [2.75, 3.05) is 13.1 Å². The Morgan fingerprint density at radius 2 is 1.54 bits per heavy atom. The van der Waals surface area contributed by atoms with Crippen LogP contribution >= 0.6 is 23.2 Å². The minimum absolute atomic E-state index is 0.0721. The topological polar surface area (TPSA) is 58.2 Å². The van der Waals surface area contributed by atoms with E-state index in [0.717, 1.165) is 12.1 Å². The minimum atomic E-state index is -0.952. The van der Waals surface area contributed by atoms with E-state index in [0.29, 0.717) is 16.7 Å². The van der Waals surface area contributed by atoms with Crippen LogP contribution in [0.2, 0.25) is 10.0 Å². The Labute approximate surface area is 146 Å². The second kappa shape index (κ2) is 8.08. The highest BCUT2D eigenvalue weighted by molar-refractivity contribution is 6.42. The van der Waals surface area contributed by atoms with Gasteiger partial charge in [-0.05, 0) is 30.3 Å². The molecule has 0 aliphatic heterocycles. The van der Waals surface area contributed by atoms with Gasteiger partial charge in [0.2, 0.25) is 0 Å². The molecular formula is C16H12Cl2F2N2O2. The Kier molecular flexibility index (Phi) is 6.11. The molecule has 126 valence electrons. The number of nitrogens with one attached hydrogen (secondary N) is 2. The quantitative estimate of drug-likeness (QED) is 0.789. The number of carbonyl (C=O) groups is 2. The largest absolute Gasteiger partial charge is 0.350 e. The number of hydrogen-bond acceptors (Lipinski definition) is 2. The second-order valence-corrected chi connectivity index (χ2v) is 5.58. The maximum absolute atomic E-state index is 13.4. The summed E-state index contributed by atoms with van der Waals surface area (Å²) >= 11 is 11.6. The van der Waals surface area contributed by atoms with Crippen LogP contribution in [-0.4, -0.2) is 24.9 Å². The zero-order chi connectivity index (χ0) is 17.7. The van der Waals surface area contributed by atoms with Gasteiger partial charge >= 0.3 is 0 Å². The average Bonchev–Trinajstić information content (AvgIpc) is 2.53. The van der Waals surface area contributed by atoms with Crippen molar-refractivity contribution in [2.24, 2.45) is 0 Å². The molecule has 0 bridgehead atoms. The summed E-state index contributed by atoms with van der Waals surface area (Å²) in [5.41, 5.74) is 0.0486. The van der Waals surface area contributed by atoms with E-state index in [2.05, 4.69) is 10.6 Å². The molecule has 0 aliphatic carbocycles. The number of hydrogen-bond donors (Lipinski definition) is 2. The molecule has 2 aromatic rings. The highest BCUT2D eigenvalue weighted by Crippen LogP contribution is 2.22. The molecule has 2 N–H and O–H groups in total. The molecule has 2 amide bonds. The van der Waals surface area contributed by atoms with Crippen molar-refractivity contribution in [1.29, 1.82) is 0 Å². The van der Waals surface area contributed by atoms with Crippen LogP contribution in [0.25, 0.3) is 0 Å². The summed E-state index contributed by atoms with van der Waals surface area (Å²) < 4.78 is 26.2. The summed E-state index contributed by atoms with van der Waals surface area (Å²) in [4.78, 5) is 23.6. The van der Waals surface area contributed by atoms with E-state index in [1.165, 1.54) is 18.2 Å². The fraction of sp³-hybridized carbons (Fsp3) is 0.125. The van der Waals surface area contributed by atoms with Crippen molar-refractivity contribution in [1.82, 2.24) is 10.6 Å². The highest BCUT2D eigenvalue weighted by Gasteiger charge is 2.12. The third-order valence-electron chi connectivity index (χ3n) is 3.05. The van der Waals surface area contributed by atoms with Crippen LogP contribution in [0.15, 0.2) is 36.4 Å². The first kappa shape index (κ1) is 18.2. The summed E-state index contributed by atoms with van der Waals surface area (Å²) in [7, 11) is 0. The second-order valence-electron chi connectivity index (χ2n) is 4.76. The zero-order valence-electron chi connectivity index (χ0n) is 12.2. The molecule has 2 aromatic carbocycles. The average molecular weight is 373 g/mol. The molecule has 0 heterocycles. The zero-order valence-corrected chi connectivity index (χ0v) is 13.7. The van der Waals surface area contributed by atoms with Crippen LogP contribution in [0, 0.1) is 11.6 Å². The molecular weight excluding hydrogens is 361 g/mol. The van der Waals surface area contributed by atoms with Gasteiger partial charge in [0.05, 0.1) is 15.6 Å². The molecule has 0 aromatic heterocycles. The van der Waals surface area contributed by atoms with Crippen molar-refractivity contribution in [2.45, 2.75) is 0 Å². The molecule has 0 saturated carbocycles. The van der Waals surface area contributed by atoms with Crippen LogP contribution in [-0.2, 0) is 0 Å². The highest BCUT2D eigenvalue weighted by atomic mass is 35.5. The van der Waals surface area contributed by atoms with Gasteiger partial charge in [0, 0.05) is 24.7 Å². The Balaban J connectivity index is 1.82. The van der Waals surface area contributed by atoms with E-state index in [9.17, 15) is 18.4 Å². The Morgan fingerprint density at radius 3 is 2.17 bits per heavy atom. The third-order valence-corrected chi connectivity index (χ3v) is 3.79. The fourth-order valence-electron chi connectivity index (χ4n) is 1.86. The van der Waals surface area contributed by atoms with Crippen LogP contribution in [0.1, 0.15) is 20.7 Å². The number of amides is 2. The Hall–Kier alpha value is -2.18. The monoisotopic (exact) mass is 372 g/mol. The van der Waals surface area contributed by atoms with E-state index >= 15 is 0 Å². The summed E-state index contributed by atoms with van der Waals surface area (Å²) in [5.74, 6) is -2.81. The minimum Gasteiger partial charge on any atom is -0.350 e. The van der Waals surface area contributed by atoms with Crippen molar-refractivity contribution in [3.63, 3.8) is 0 Å². The molecule has 8 heteroatoms. The molecule has 2 rings (SSSR count). The number of halogens is 4. The van der Waals surface area contributed by atoms with E-state index < -0.39 is 23.4 Å². The van der Waals surface area contributed by atoms with Gasteiger partial charge in [-0.3, -0.25) is 9.59 Å². The molecule has 0 spiro atoms. The maximum atomic E-state index is 13.4. The van der Waals surface area contributed by atoms with Gasteiger partial charge in [-0.15, -0.1) is 0 Å². The number of carbonyl (C=O) groups excluding carboxylic acids is 2. The molecule has 24 heavy (non-hydrogen) atoms. The standard InChI is InChI=1S/C16H12Cl2F2N2O2/c17-12-4-1-9(7-13(12)18)15(23)21-5-6-22-16(24)11-3-2-10(19)8-14(11)20/h1-4,7-8H,5-6H2,(H,21,23)(H,22,24). The normalized spacial score (nSPS) is 10.3. The van der Waals surface area contributed by atoms with Gasteiger partial charge in [-0.2, -0.15) is 0 Å². The van der Waals surface area contributed by atoms with E-state index in [1.54, 1.807) is 0 Å². The summed E-state index contributed by atoms with van der Waals surface area (Å²) in [6.07, 6.45) is 0. The van der Waals surface area contributed by atoms with Crippen LogP contribution < -0.4 is 10.6 Å². The molecule has 0 fully saturated rings. The third kappa shape index (κ3) is 4.66. The van der Waals surface area contributed by atoms with Gasteiger partial charge in [0.15, 0.2) is 0 Å². The van der Waals surface area contributed by atoms with Crippen molar-refractivity contribution < 1.29 is 18.4 Å².